The molecule has 3 heteroatoms. The Morgan fingerprint density at radius 1 is 1.26 bits per heavy atom. The molecule has 0 aliphatic heterocycles. The van der Waals surface area contributed by atoms with Crippen LogP contribution < -0.4 is 5.32 Å². The summed E-state index contributed by atoms with van der Waals surface area (Å²) in [6.45, 7) is 14.8. The van der Waals surface area contributed by atoms with Gasteiger partial charge in [-0.2, -0.15) is 0 Å². The van der Waals surface area contributed by atoms with Crippen molar-refractivity contribution in [3.8, 4) is 0 Å². The van der Waals surface area contributed by atoms with Crippen molar-refractivity contribution in [1.82, 2.24) is 5.32 Å². The zero-order chi connectivity index (χ0) is 14.3. The molecule has 0 radical (unpaired) electrons. The minimum absolute atomic E-state index is 0.248. The van der Waals surface area contributed by atoms with Gasteiger partial charge in [-0.25, -0.2) is 0 Å². The van der Waals surface area contributed by atoms with Gasteiger partial charge in [0.2, 0.25) is 0 Å². The van der Waals surface area contributed by atoms with Crippen molar-refractivity contribution in [3.05, 3.63) is 0 Å². The minimum atomic E-state index is 0.248. The van der Waals surface area contributed by atoms with Gasteiger partial charge in [0.25, 0.3) is 0 Å². The van der Waals surface area contributed by atoms with Crippen molar-refractivity contribution < 1.29 is 9.47 Å². The molecule has 0 aromatic carbocycles. The molecule has 0 bridgehead atoms. The van der Waals surface area contributed by atoms with Crippen LogP contribution in [0.15, 0.2) is 0 Å². The Labute approximate surface area is 119 Å². The van der Waals surface area contributed by atoms with Crippen LogP contribution in [0.25, 0.3) is 0 Å². The predicted molar refractivity (Wildman–Crippen MR) is 80.5 cm³/mol. The van der Waals surface area contributed by atoms with Gasteiger partial charge in [-0.05, 0) is 18.8 Å². The number of nitrogens with one attached hydrogen (secondary N) is 1. The summed E-state index contributed by atoms with van der Waals surface area (Å²) in [5, 5.41) is 3.60. The molecule has 0 aromatic rings. The lowest BCUT2D eigenvalue weighted by Crippen LogP contribution is -2.61. The molecule has 2 unspecified atom stereocenters. The monoisotopic (exact) mass is 271 g/mol. The van der Waals surface area contributed by atoms with Crippen molar-refractivity contribution in [2.75, 3.05) is 26.4 Å². The fraction of sp³-hybridized carbons (Fsp3) is 1.00. The fourth-order valence-corrected chi connectivity index (χ4v) is 2.48. The van der Waals surface area contributed by atoms with Crippen LogP contribution in [-0.2, 0) is 9.47 Å². The van der Waals surface area contributed by atoms with E-state index < -0.39 is 0 Å². The summed E-state index contributed by atoms with van der Waals surface area (Å²) in [6, 6.07) is 0.569. The van der Waals surface area contributed by atoms with Crippen LogP contribution in [0, 0.1) is 11.3 Å². The first kappa shape index (κ1) is 16.9. The molecule has 0 spiro atoms. The van der Waals surface area contributed by atoms with Crippen LogP contribution in [0.1, 0.15) is 53.9 Å². The van der Waals surface area contributed by atoms with Crippen molar-refractivity contribution in [3.63, 3.8) is 0 Å². The molecular formula is C16H33NO2. The van der Waals surface area contributed by atoms with Crippen LogP contribution >= 0.6 is 0 Å². The average molecular weight is 271 g/mol. The molecule has 1 N–H and O–H groups in total. The fourth-order valence-electron chi connectivity index (χ4n) is 2.48. The van der Waals surface area contributed by atoms with Crippen molar-refractivity contribution >= 4 is 0 Å². The molecule has 19 heavy (non-hydrogen) atoms. The van der Waals surface area contributed by atoms with E-state index in [0.717, 1.165) is 32.8 Å². The lowest BCUT2D eigenvalue weighted by molar-refractivity contribution is -0.124. The molecule has 0 saturated heterocycles. The zero-order valence-electron chi connectivity index (χ0n) is 13.5. The van der Waals surface area contributed by atoms with E-state index >= 15 is 0 Å². The largest absolute Gasteiger partial charge is 0.380 e. The SMILES string of the molecule is CCCCOCCNC1CC(OCC(C)C)C1(C)C. The maximum absolute atomic E-state index is 5.97. The molecule has 1 rings (SSSR count). The summed E-state index contributed by atoms with van der Waals surface area (Å²) < 4.78 is 11.5. The highest BCUT2D eigenvalue weighted by Gasteiger charge is 2.48. The lowest BCUT2D eigenvalue weighted by Gasteiger charge is -2.52. The molecule has 0 amide bonds. The summed E-state index contributed by atoms with van der Waals surface area (Å²) in [4.78, 5) is 0. The molecule has 0 heterocycles. The van der Waals surface area contributed by atoms with Gasteiger partial charge >= 0.3 is 0 Å². The van der Waals surface area contributed by atoms with E-state index in [0.29, 0.717) is 18.1 Å². The zero-order valence-corrected chi connectivity index (χ0v) is 13.5. The standard InChI is InChI=1S/C16H33NO2/c1-6-7-9-18-10-8-17-14-11-15(16(14,4)5)19-12-13(2)3/h13-15,17H,6-12H2,1-5H3. The lowest BCUT2D eigenvalue weighted by atomic mass is 9.64. The number of unbranched alkanes of at least 4 members (excludes halogenated alkanes) is 1. The van der Waals surface area contributed by atoms with Crippen molar-refractivity contribution in [2.24, 2.45) is 11.3 Å². The quantitative estimate of drug-likeness (QED) is 0.619. The van der Waals surface area contributed by atoms with Gasteiger partial charge in [0.15, 0.2) is 0 Å². The normalized spacial score (nSPS) is 25.6. The Bertz CT molecular complexity index is 241. The molecule has 0 aromatic heterocycles. The second-order valence-electron chi connectivity index (χ2n) is 6.75. The first-order chi connectivity index (χ1) is 8.98. The van der Waals surface area contributed by atoms with Gasteiger partial charge in [-0.3, -0.25) is 0 Å². The van der Waals surface area contributed by atoms with E-state index in [2.05, 4.69) is 39.9 Å². The molecule has 1 aliphatic rings. The average Bonchev–Trinajstić information content (AvgIpc) is 2.34. The Hall–Kier alpha value is -0.120. The first-order valence-corrected chi connectivity index (χ1v) is 7.91. The van der Waals surface area contributed by atoms with Crippen molar-refractivity contribution in [1.29, 1.82) is 0 Å². The van der Waals surface area contributed by atoms with Crippen LogP contribution in [0.3, 0.4) is 0 Å². The Morgan fingerprint density at radius 3 is 2.58 bits per heavy atom. The third-order valence-electron chi connectivity index (χ3n) is 4.09. The Morgan fingerprint density at radius 2 is 2.00 bits per heavy atom. The van der Waals surface area contributed by atoms with E-state index in [-0.39, 0.29) is 5.41 Å². The van der Waals surface area contributed by atoms with Crippen LogP contribution in [-0.4, -0.2) is 38.5 Å². The van der Waals surface area contributed by atoms with Crippen LogP contribution in [0.5, 0.6) is 0 Å². The molecule has 1 fully saturated rings. The number of hydrogen-bond donors (Lipinski definition) is 1. The highest BCUT2D eigenvalue weighted by molar-refractivity contribution is 5.02. The third kappa shape index (κ3) is 5.41. The topological polar surface area (TPSA) is 30.5 Å². The molecular weight excluding hydrogens is 238 g/mol. The van der Waals surface area contributed by atoms with Gasteiger partial charge in [-0.1, -0.05) is 41.0 Å². The number of ether oxygens (including phenoxy) is 2. The van der Waals surface area contributed by atoms with Gasteiger partial charge < -0.3 is 14.8 Å². The minimum Gasteiger partial charge on any atom is -0.380 e. The highest BCUT2D eigenvalue weighted by atomic mass is 16.5. The summed E-state index contributed by atoms with van der Waals surface area (Å²) >= 11 is 0. The number of hydrogen-bond acceptors (Lipinski definition) is 3. The van der Waals surface area contributed by atoms with Crippen molar-refractivity contribution in [2.45, 2.75) is 66.0 Å². The molecule has 1 saturated carbocycles. The number of rotatable bonds is 10. The molecule has 114 valence electrons. The van der Waals surface area contributed by atoms with Gasteiger partial charge in [-0.15, -0.1) is 0 Å². The van der Waals surface area contributed by atoms with Gasteiger partial charge in [0.1, 0.15) is 0 Å². The second-order valence-corrected chi connectivity index (χ2v) is 6.75. The highest BCUT2D eigenvalue weighted by Crippen LogP contribution is 2.42. The first-order valence-electron chi connectivity index (χ1n) is 7.91. The molecule has 3 nitrogen and oxygen atoms in total. The van der Waals surface area contributed by atoms with E-state index in [1.54, 1.807) is 0 Å². The smallest absolute Gasteiger partial charge is 0.0656 e. The predicted octanol–water partition coefficient (Wildman–Crippen LogP) is 3.23. The Balaban J connectivity index is 2.09. The van der Waals surface area contributed by atoms with Crippen LogP contribution in [0.2, 0.25) is 0 Å². The van der Waals surface area contributed by atoms with E-state index in [1.165, 1.54) is 12.8 Å². The molecule has 1 aliphatic carbocycles. The summed E-state index contributed by atoms with van der Waals surface area (Å²) in [6.07, 6.45) is 3.92. The third-order valence-corrected chi connectivity index (χ3v) is 4.09. The Kier molecular flexibility index (Phi) is 7.33. The maximum Gasteiger partial charge on any atom is 0.0656 e. The van der Waals surface area contributed by atoms with E-state index in [9.17, 15) is 0 Å². The van der Waals surface area contributed by atoms with E-state index in [4.69, 9.17) is 9.47 Å². The maximum atomic E-state index is 5.97. The van der Waals surface area contributed by atoms with Gasteiger partial charge in [0, 0.05) is 31.2 Å². The van der Waals surface area contributed by atoms with E-state index in [1.807, 2.05) is 0 Å². The molecule has 2 atom stereocenters. The summed E-state index contributed by atoms with van der Waals surface area (Å²) in [5.74, 6) is 0.620. The van der Waals surface area contributed by atoms with Gasteiger partial charge in [0.05, 0.1) is 12.7 Å². The summed E-state index contributed by atoms with van der Waals surface area (Å²) in [5.41, 5.74) is 0.248. The van der Waals surface area contributed by atoms with Crippen LogP contribution in [0.4, 0.5) is 0 Å². The summed E-state index contributed by atoms with van der Waals surface area (Å²) in [7, 11) is 0. The second kappa shape index (κ2) is 8.23.